The number of benzene rings is 4. The lowest BCUT2D eigenvalue weighted by molar-refractivity contribution is 0.0471. The Kier molecular flexibility index (Phi) is 10.1. The number of carbonyl (C=O) groups excluding carboxylic acids is 3. The van der Waals surface area contributed by atoms with Crippen LogP contribution in [0.1, 0.15) is 47.8 Å². The van der Waals surface area contributed by atoms with E-state index in [0.717, 1.165) is 0 Å². The molecule has 0 spiro atoms. The molecule has 0 aliphatic heterocycles. The van der Waals surface area contributed by atoms with Crippen LogP contribution < -0.4 is 14.2 Å². The standard InChI is InChI=1S/C33H30O9/c1-37-28-10-4-25(5-11-28)31(34)40-19-22-16-23(20-41-32(35)26-6-12-29(38-2)13-7-26)18-24(17-22)21-42-33(36)27-8-14-30(39-3)15-9-27/h4-18H,19-21H2,1-3H3. The van der Waals surface area contributed by atoms with Gasteiger partial charge in [0.25, 0.3) is 0 Å². The molecule has 9 nitrogen and oxygen atoms in total. The first-order chi connectivity index (χ1) is 20.4. The van der Waals surface area contributed by atoms with Crippen molar-refractivity contribution in [2.75, 3.05) is 21.3 Å². The van der Waals surface area contributed by atoms with E-state index in [-0.39, 0.29) is 19.8 Å². The molecule has 0 atom stereocenters. The maximum absolute atomic E-state index is 12.6. The fourth-order valence-electron chi connectivity index (χ4n) is 3.97. The number of methoxy groups -OCH3 is 3. The fraction of sp³-hybridized carbons (Fsp3) is 0.182. The Labute approximate surface area is 243 Å². The van der Waals surface area contributed by atoms with Crippen molar-refractivity contribution in [3.05, 3.63) is 124 Å². The highest BCUT2D eigenvalue weighted by molar-refractivity contribution is 5.90. The van der Waals surface area contributed by atoms with Crippen LogP contribution in [0.15, 0.2) is 91.0 Å². The topological polar surface area (TPSA) is 107 Å². The van der Waals surface area contributed by atoms with Crippen molar-refractivity contribution < 1.29 is 42.8 Å². The Hall–Kier alpha value is -5.31. The van der Waals surface area contributed by atoms with Gasteiger partial charge in [0.1, 0.15) is 37.1 Å². The van der Waals surface area contributed by atoms with Crippen molar-refractivity contribution >= 4 is 17.9 Å². The zero-order valence-electron chi connectivity index (χ0n) is 23.5. The fourth-order valence-corrected chi connectivity index (χ4v) is 3.97. The molecule has 0 radical (unpaired) electrons. The molecular formula is C33H30O9. The summed E-state index contributed by atoms with van der Waals surface area (Å²) in [4.78, 5) is 37.8. The number of hydrogen-bond acceptors (Lipinski definition) is 9. The van der Waals surface area contributed by atoms with E-state index in [1.807, 2.05) is 0 Å². The molecule has 0 aliphatic rings. The van der Waals surface area contributed by atoms with Crippen molar-refractivity contribution in [2.45, 2.75) is 19.8 Å². The molecule has 0 bridgehead atoms. The number of carbonyl (C=O) groups is 3. The maximum Gasteiger partial charge on any atom is 0.338 e. The summed E-state index contributed by atoms with van der Waals surface area (Å²) < 4.78 is 31.9. The molecule has 0 amide bonds. The van der Waals surface area contributed by atoms with Gasteiger partial charge in [-0.05, 0) is 108 Å². The molecule has 0 aromatic heterocycles. The smallest absolute Gasteiger partial charge is 0.338 e. The lowest BCUT2D eigenvalue weighted by Crippen LogP contribution is -2.09. The van der Waals surface area contributed by atoms with Crippen molar-refractivity contribution in [1.29, 1.82) is 0 Å². The lowest BCUT2D eigenvalue weighted by atomic mass is 10.1. The first kappa shape index (κ1) is 29.7. The van der Waals surface area contributed by atoms with Crippen LogP contribution in [0.2, 0.25) is 0 Å². The minimum atomic E-state index is -0.513. The van der Waals surface area contributed by atoms with Crippen LogP contribution in [0.5, 0.6) is 17.2 Å². The maximum atomic E-state index is 12.6. The predicted molar refractivity (Wildman–Crippen MR) is 153 cm³/mol. The molecule has 0 N–H and O–H groups in total. The highest BCUT2D eigenvalue weighted by Crippen LogP contribution is 2.19. The largest absolute Gasteiger partial charge is 0.497 e. The second-order valence-corrected chi connectivity index (χ2v) is 9.07. The molecule has 9 heteroatoms. The third-order valence-corrected chi connectivity index (χ3v) is 6.20. The summed E-state index contributed by atoms with van der Waals surface area (Å²) in [5, 5.41) is 0. The van der Waals surface area contributed by atoms with Gasteiger partial charge in [0.05, 0.1) is 38.0 Å². The second-order valence-electron chi connectivity index (χ2n) is 9.07. The van der Waals surface area contributed by atoms with Crippen LogP contribution in [0, 0.1) is 0 Å². The van der Waals surface area contributed by atoms with Gasteiger partial charge in [0, 0.05) is 0 Å². The van der Waals surface area contributed by atoms with Gasteiger partial charge in [-0.15, -0.1) is 0 Å². The Morgan fingerprint density at radius 2 is 0.667 bits per heavy atom. The van der Waals surface area contributed by atoms with Crippen molar-refractivity contribution in [1.82, 2.24) is 0 Å². The van der Waals surface area contributed by atoms with Crippen molar-refractivity contribution in [3.8, 4) is 17.2 Å². The van der Waals surface area contributed by atoms with Gasteiger partial charge in [-0.2, -0.15) is 0 Å². The Morgan fingerprint density at radius 1 is 0.429 bits per heavy atom. The van der Waals surface area contributed by atoms with Crippen LogP contribution in [0.4, 0.5) is 0 Å². The van der Waals surface area contributed by atoms with Crippen LogP contribution in [0.25, 0.3) is 0 Å². The molecule has 0 saturated heterocycles. The van der Waals surface area contributed by atoms with E-state index in [9.17, 15) is 14.4 Å². The highest BCUT2D eigenvalue weighted by atomic mass is 16.5. The second kappa shape index (κ2) is 14.4. The number of ether oxygens (including phenoxy) is 6. The summed E-state index contributed by atoms with van der Waals surface area (Å²) in [6, 6.07) is 25.0. The predicted octanol–water partition coefficient (Wildman–Crippen LogP) is 5.78. The number of esters is 3. The summed E-state index contributed by atoms with van der Waals surface area (Å²) in [5.74, 6) is 0.330. The highest BCUT2D eigenvalue weighted by Gasteiger charge is 2.13. The molecule has 0 heterocycles. The molecule has 4 rings (SSSR count). The van der Waals surface area contributed by atoms with Crippen molar-refractivity contribution in [3.63, 3.8) is 0 Å². The van der Waals surface area contributed by atoms with Crippen LogP contribution in [0.3, 0.4) is 0 Å². The minimum absolute atomic E-state index is 0.0510. The third kappa shape index (κ3) is 8.11. The van der Waals surface area contributed by atoms with Gasteiger partial charge in [-0.3, -0.25) is 0 Å². The quantitative estimate of drug-likeness (QED) is 0.155. The summed E-state index contributed by atoms with van der Waals surface area (Å²) >= 11 is 0. The van der Waals surface area contributed by atoms with E-state index < -0.39 is 17.9 Å². The Balaban J connectivity index is 1.46. The average molecular weight is 571 g/mol. The van der Waals surface area contributed by atoms with Gasteiger partial charge in [-0.1, -0.05) is 0 Å². The molecule has 0 saturated carbocycles. The SMILES string of the molecule is COc1ccc(C(=O)OCc2cc(COC(=O)c3ccc(OC)cc3)cc(COC(=O)c3ccc(OC)cc3)c2)cc1. The first-order valence-corrected chi connectivity index (χ1v) is 12.9. The molecule has 216 valence electrons. The summed E-state index contributed by atoms with van der Waals surface area (Å²) in [5.41, 5.74) is 3.00. The van der Waals surface area contributed by atoms with Gasteiger partial charge in [-0.25, -0.2) is 14.4 Å². The number of hydrogen-bond donors (Lipinski definition) is 0. The van der Waals surface area contributed by atoms with E-state index in [0.29, 0.717) is 50.6 Å². The molecule has 0 aliphatic carbocycles. The summed E-state index contributed by atoms with van der Waals surface area (Å²) in [6.45, 7) is -0.153. The van der Waals surface area contributed by atoms with Crippen LogP contribution in [-0.2, 0) is 34.0 Å². The normalized spacial score (nSPS) is 10.4. The summed E-state index contributed by atoms with van der Waals surface area (Å²) in [7, 11) is 4.63. The average Bonchev–Trinajstić information content (AvgIpc) is 3.05. The van der Waals surface area contributed by atoms with Gasteiger partial charge in [0.2, 0.25) is 0 Å². The van der Waals surface area contributed by atoms with E-state index in [4.69, 9.17) is 28.4 Å². The monoisotopic (exact) mass is 570 g/mol. The molecule has 4 aromatic rings. The molecule has 0 fully saturated rings. The minimum Gasteiger partial charge on any atom is -0.497 e. The van der Waals surface area contributed by atoms with Gasteiger partial charge < -0.3 is 28.4 Å². The van der Waals surface area contributed by atoms with E-state index in [1.165, 1.54) is 0 Å². The third-order valence-electron chi connectivity index (χ3n) is 6.20. The number of rotatable bonds is 12. The molecular weight excluding hydrogens is 540 g/mol. The van der Waals surface area contributed by atoms with Crippen molar-refractivity contribution in [2.24, 2.45) is 0 Å². The van der Waals surface area contributed by atoms with E-state index in [2.05, 4.69) is 0 Å². The Morgan fingerprint density at radius 3 is 0.881 bits per heavy atom. The first-order valence-electron chi connectivity index (χ1n) is 12.9. The molecule has 0 unspecified atom stereocenters. The zero-order chi connectivity index (χ0) is 29.9. The van der Waals surface area contributed by atoms with Crippen LogP contribution in [-0.4, -0.2) is 39.2 Å². The van der Waals surface area contributed by atoms with Crippen LogP contribution >= 0.6 is 0 Å². The Bertz CT molecular complexity index is 1310. The molecule has 42 heavy (non-hydrogen) atoms. The zero-order valence-corrected chi connectivity index (χ0v) is 23.5. The van der Waals surface area contributed by atoms with E-state index in [1.54, 1.807) is 112 Å². The summed E-state index contributed by atoms with van der Waals surface area (Å²) in [6.07, 6.45) is 0. The van der Waals surface area contributed by atoms with Gasteiger partial charge >= 0.3 is 17.9 Å². The van der Waals surface area contributed by atoms with Gasteiger partial charge in [0.15, 0.2) is 0 Å². The van der Waals surface area contributed by atoms with E-state index >= 15 is 0 Å². The lowest BCUT2D eigenvalue weighted by Gasteiger charge is -2.12. The molecule has 4 aromatic carbocycles.